The molecule has 0 fully saturated rings. The summed E-state index contributed by atoms with van der Waals surface area (Å²) in [6, 6.07) is 18.4. The van der Waals surface area contributed by atoms with E-state index in [0.717, 1.165) is 30.5 Å². The van der Waals surface area contributed by atoms with Gasteiger partial charge >= 0.3 is 12.1 Å². The first-order chi connectivity index (χ1) is 16.0. The Labute approximate surface area is 192 Å². The number of hydrogen-bond acceptors (Lipinski definition) is 6. The average Bonchev–Trinajstić information content (AvgIpc) is 2.83. The molecule has 9 heteroatoms. The van der Waals surface area contributed by atoms with E-state index >= 15 is 0 Å². The van der Waals surface area contributed by atoms with Crippen molar-refractivity contribution in [2.45, 2.75) is 45.1 Å². The minimum atomic E-state index is -0.815. The Hall–Kier alpha value is -3.88. The zero-order valence-corrected chi connectivity index (χ0v) is 18.4. The fraction of sp³-hybridized carbons (Fsp3) is 0.333. The molecule has 9 nitrogen and oxygen atoms in total. The van der Waals surface area contributed by atoms with Crippen molar-refractivity contribution in [1.29, 1.82) is 0 Å². The molecule has 2 aromatic rings. The van der Waals surface area contributed by atoms with Crippen LogP contribution in [0.15, 0.2) is 60.7 Å². The van der Waals surface area contributed by atoms with Crippen molar-refractivity contribution in [1.82, 2.24) is 10.8 Å². The summed E-state index contributed by atoms with van der Waals surface area (Å²) in [5.41, 5.74) is 3.64. The lowest BCUT2D eigenvalue weighted by atomic mass is 10.1. The number of nitrogens with one attached hydrogen (secondary N) is 3. The van der Waals surface area contributed by atoms with E-state index in [4.69, 9.17) is 4.74 Å². The number of unbranched alkanes of at least 4 members (excludes halogenated alkanes) is 3. The lowest BCUT2D eigenvalue weighted by molar-refractivity contribution is -0.157. The van der Waals surface area contributed by atoms with Crippen molar-refractivity contribution >= 4 is 29.6 Å². The highest BCUT2D eigenvalue weighted by Crippen LogP contribution is 2.09. The lowest BCUT2D eigenvalue weighted by Crippen LogP contribution is -2.35. The Morgan fingerprint density at radius 1 is 0.727 bits per heavy atom. The first-order valence-corrected chi connectivity index (χ1v) is 10.8. The van der Waals surface area contributed by atoms with Gasteiger partial charge in [-0.05, 0) is 30.5 Å². The third kappa shape index (κ3) is 11.9. The SMILES string of the molecule is O=C(CCCCCCC(=O)Nc1ccccc1)NOC(=O)CNC(=O)OCc1ccccc1. The van der Waals surface area contributed by atoms with Crippen LogP contribution in [0, 0.1) is 0 Å². The largest absolute Gasteiger partial charge is 0.445 e. The second-order valence-electron chi connectivity index (χ2n) is 7.24. The number of para-hydroxylation sites is 1. The first-order valence-electron chi connectivity index (χ1n) is 10.8. The molecule has 0 aromatic heterocycles. The fourth-order valence-corrected chi connectivity index (χ4v) is 2.79. The molecule has 2 rings (SSSR count). The fourth-order valence-electron chi connectivity index (χ4n) is 2.79. The Kier molecular flexibility index (Phi) is 11.5. The predicted molar refractivity (Wildman–Crippen MR) is 122 cm³/mol. The number of hydrogen-bond donors (Lipinski definition) is 3. The zero-order valence-electron chi connectivity index (χ0n) is 18.4. The molecular weight excluding hydrogens is 426 g/mol. The molecule has 33 heavy (non-hydrogen) atoms. The van der Waals surface area contributed by atoms with E-state index in [0.29, 0.717) is 12.8 Å². The normalized spacial score (nSPS) is 10.1. The summed E-state index contributed by atoms with van der Waals surface area (Å²) in [4.78, 5) is 51.3. The van der Waals surface area contributed by atoms with Gasteiger partial charge < -0.3 is 20.2 Å². The summed E-state index contributed by atoms with van der Waals surface area (Å²) in [5.74, 6) is -1.29. The Bertz CT molecular complexity index is 890. The van der Waals surface area contributed by atoms with Crippen LogP contribution in [0.1, 0.15) is 44.1 Å². The maximum atomic E-state index is 11.8. The Morgan fingerprint density at radius 2 is 1.33 bits per heavy atom. The van der Waals surface area contributed by atoms with E-state index in [1.807, 2.05) is 48.5 Å². The van der Waals surface area contributed by atoms with Crippen LogP contribution in [0.3, 0.4) is 0 Å². The minimum absolute atomic E-state index is 0.0385. The van der Waals surface area contributed by atoms with Crippen LogP contribution in [-0.2, 0) is 30.6 Å². The molecule has 3 N–H and O–H groups in total. The molecule has 3 amide bonds. The number of hydroxylamine groups is 1. The van der Waals surface area contributed by atoms with Crippen LogP contribution in [0.2, 0.25) is 0 Å². The molecule has 2 aromatic carbocycles. The van der Waals surface area contributed by atoms with Crippen molar-refractivity contribution in [3.63, 3.8) is 0 Å². The van der Waals surface area contributed by atoms with Gasteiger partial charge in [0, 0.05) is 18.5 Å². The number of amides is 3. The van der Waals surface area contributed by atoms with E-state index in [1.54, 1.807) is 12.1 Å². The molecular formula is C24H29N3O6. The number of ether oxygens (including phenoxy) is 1. The van der Waals surface area contributed by atoms with Crippen LogP contribution in [0.25, 0.3) is 0 Å². The van der Waals surface area contributed by atoms with E-state index in [-0.39, 0.29) is 18.9 Å². The highest BCUT2D eigenvalue weighted by molar-refractivity contribution is 5.90. The second kappa shape index (κ2) is 15.0. The summed E-state index contributed by atoms with van der Waals surface area (Å²) in [6.07, 6.45) is 2.75. The number of carbonyl (C=O) groups is 4. The van der Waals surface area contributed by atoms with Gasteiger partial charge in [0.1, 0.15) is 13.2 Å². The smallest absolute Gasteiger partial charge is 0.407 e. The molecule has 0 atom stereocenters. The second-order valence-corrected chi connectivity index (χ2v) is 7.24. The molecule has 0 saturated heterocycles. The van der Waals surface area contributed by atoms with Crippen LogP contribution >= 0.6 is 0 Å². The first kappa shape index (κ1) is 25.4. The van der Waals surface area contributed by atoms with E-state index in [2.05, 4.69) is 21.0 Å². The minimum Gasteiger partial charge on any atom is -0.445 e. The van der Waals surface area contributed by atoms with Crippen molar-refractivity contribution in [3.05, 3.63) is 66.2 Å². The molecule has 0 bridgehead atoms. The average molecular weight is 456 g/mol. The molecule has 0 aliphatic carbocycles. The van der Waals surface area contributed by atoms with Gasteiger partial charge in [-0.3, -0.25) is 9.59 Å². The van der Waals surface area contributed by atoms with Crippen molar-refractivity contribution < 1.29 is 28.8 Å². The van der Waals surface area contributed by atoms with Gasteiger partial charge in [-0.15, -0.1) is 0 Å². The Morgan fingerprint density at radius 3 is 2.00 bits per heavy atom. The van der Waals surface area contributed by atoms with Gasteiger partial charge in [0.05, 0.1) is 0 Å². The quantitative estimate of drug-likeness (QED) is 0.333. The summed E-state index contributed by atoms with van der Waals surface area (Å²) < 4.78 is 4.96. The van der Waals surface area contributed by atoms with Gasteiger partial charge in [0.25, 0.3) is 5.91 Å². The summed E-state index contributed by atoms with van der Waals surface area (Å²) >= 11 is 0. The van der Waals surface area contributed by atoms with Crippen LogP contribution in [0.4, 0.5) is 10.5 Å². The van der Waals surface area contributed by atoms with Crippen LogP contribution in [0.5, 0.6) is 0 Å². The molecule has 0 aliphatic heterocycles. The molecule has 176 valence electrons. The Balaban J connectivity index is 1.44. The third-order valence-electron chi connectivity index (χ3n) is 4.48. The molecule has 0 spiro atoms. The maximum Gasteiger partial charge on any atom is 0.407 e. The third-order valence-corrected chi connectivity index (χ3v) is 4.48. The standard InChI is InChI=1S/C24H29N3O6/c28-21(26-20-13-7-4-8-14-20)15-9-1-2-10-16-22(29)27-33-23(30)17-25-24(31)32-18-19-11-5-3-6-12-19/h3-8,11-14H,1-2,9-10,15-18H2,(H,25,31)(H,26,28)(H,27,29). The van der Waals surface area contributed by atoms with E-state index < -0.39 is 24.5 Å². The number of rotatable bonds is 12. The van der Waals surface area contributed by atoms with E-state index in [9.17, 15) is 19.2 Å². The van der Waals surface area contributed by atoms with E-state index in [1.165, 1.54) is 0 Å². The van der Waals surface area contributed by atoms with Crippen molar-refractivity contribution in [2.75, 3.05) is 11.9 Å². The number of benzene rings is 2. The molecule has 0 saturated carbocycles. The van der Waals surface area contributed by atoms with Crippen LogP contribution in [-0.4, -0.2) is 30.4 Å². The monoisotopic (exact) mass is 455 g/mol. The lowest BCUT2D eigenvalue weighted by Gasteiger charge is -2.08. The van der Waals surface area contributed by atoms with Crippen LogP contribution < -0.4 is 16.1 Å². The zero-order chi connectivity index (χ0) is 23.7. The molecule has 0 aliphatic rings. The predicted octanol–water partition coefficient (Wildman–Crippen LogP) is 3.47. The summed E-state index contributed by atoms with van der Waals surface area (Å²) in [5, 5.41) is 5.07. The number of anilines is 1. The van der Waals surface area contributed by atoms with Gasteiger partial charge in [0.15, 0.2) is 0 Å². The summed E-state index contributed by atoms with van der Waals surface area (Å²) in [7, 11) is 0. The maximum absolute atomic E-state index is 11.8. The van der Waals surface area contributed by atoms with Crippen molar-refractivity contribution in [3.8, 4) is 0 Å². The molecule has 0 heterocycles. The number of carbonyl (C=O) groups excluding carboxylic acids is 4. The topological polar surface area (TPSA) is 123 Å². The molecule has 0 radical (unpaired) electrons. The van der Waals surface area contributed by atoms with Gasteiger partial charge in [-0.25, -0.2) is 9.59 Å². The number of alkyl carbamates (subject to hydrolysis) is 1. The highest BCUT2D eigenvalue weighted by Gasteiger charge is 2.10. The van der Waals surface area contributed by atoms with Gasteiger partial charge in [-0.2, -0.15) is 5.48 Å². The van der Waals surface area contributed by atoms with Crippen molar-refractivity contribution in [2.24, 2.45) is 0 Å². The van der Waals surface area contributed by atoms with Gasteiger partial charge in [0.2, 0.25) is 5.91 Å². The van der Waals surface area contributed by atoms with Gasteiger partial charge in [-0.1, -0.05) is 61.4 Å². The highest BCUT2D eigenvalue weighted by atomic mass is 16.7. The summed E-state index contributed by atoms with van der Waals surface area (Å²) in [6.45, 7) is -0.352. The molecule has 0 unspecified atom stereocenters.